The molecule has 0 amide bonds. The van der Waals surface area contributed by atoms with E-state index in [1.807, 2.05) is 32.0 Å². The number of aryl methyl sites for hydroxylation is 1. The zero-order valence-electron chi connectivity index (χ0n) is 17.9. The summed E-state index contributed by atoms with van der Waals surface area (Å²) in [6, 6.07) is 18.9. The molecule has 6 nitrogen and oxygen atoms in total. The predicted octanol–water partition coefficient (Wildman–Crippen LogP) is 4.56. The molecule has 2 aromatic heterocycles. The number of nitrogens with one attached hydrogen (secondary N) is 1. The van der Waals surface area contributed by atoms with Crippen LogP contribution in [-0.2, 0) is 5.41 Å². The van der Waals surface area contributed by atoms with E-state index in [-0.39, 0.29) is 5.41 Å². The van der Waals surface area contributed by atoms with Crippen LogP contribution in [0.4, 0.5) is 5.82 Å². The van der Waals surface area contributed by atoms with Crippen molar-refractivity contribution in [2.75, 3.05) is 18.5 Å². The molecule has 2 heterocycles. The van der Waals surface area contributed by atoms with Gasteiger partial charge in [-0.3, -0.25) is 0 Å². The maximum Gasteiger partial charge on any atom is 0.254 e. The van der Waals surface area contributed by atoms with E-state index >= 15 is 0 Å². The smallest absolute Gasteiger partial charge is 0.254 e. The van der Waals surface area contributed by atoms with Gasteiger partial charge in [0.2, 0.25) is 0 Å². The summed E-state index contributed by atoms with van der Waals surface area (Å²) in [5.74, 6) is 2.36. The molecule has 4 aromatic rings. The van der Waals surface area contributed by atoms with Crippen molar-refractivity contribution in [1.82, 2.24) is 19.6 Å². The largest absolute Gasteiger partial charge is 0.492 e. The average molecular weight is 402 g/mol. The first kappa shape index (κ1) is 19.9. The Hall–Kier alpha value is -3.41. The highest BCUT2D eigenvalue weighted by Crippen LogP contribution is 2.32. The molecule has 0 bridgehead atoms. The van der Waals surface area contributed by atoms with Crippen LogP contribution in [0.1, 0.15) is 36.2 Å². The van der Waals surface area contributed by atoms with Crippen LogP contribution in [0.2, 0.25) is 0 Å². The predicted molar refractivity (Wildman–Crippen MR) is 119 cm³/mol. The Balaban J connectivity index is 1.38. The van der Waals surface area contributed by atoms with Gasteiger partial charge in [-0.2, -0.15) is 14.6 Å². The van der Waals surface area contributed by atoms with Gasteiger partial charge in [-0.1, -0.05) is 56.3 Å². The van der Waals surface area contributed by atoms with Crippen LogP contribution in [0.3, 0.4) is 0 Å². The summed E-state index contributed by atoms with van der Waals surface area (Å²) in [5, 5.41) is 7.66. The van der Waals surface area contributed by atoms with Gasteiger partial charge in [0.1, 0.15) is 24.5 Å². The molecule has 0 unspecified atom stereocenters. The van der Waals surface area contributed by atoms with Crippen LogP contribution in [0, 0.1) is 13.8 Å². The third-order valence-electron chi connectivity index (χ3n) is 5.64. The van der Waals surface area contributed by atoms with E-state index in [4.69, 9.17) is 4.74 Å². The number of anilines is 1. The normalized spacial score (nSPS) is 11.6. The third kappa shape index (κ3) is 3.85. The topological polar surface area (TPSA) is 64.3 Å². The van der Waals surface area contributed by atoms with Crippen LogP contribution in [-0.4, -0.2) is 32.7 Å². The summed E-state index contributed by atoms with van der Waals surface area (Å²) in [7, 11) is 0. The molecule has 2 aromatic carbocycles. The van der Waals surface area contributed by atoms with Gasteiger partial charge in [0.05, 0.1) is 6.54 Å². The van der Waals surface area contributed by atoms with E-state index < -0.39 is 0 Å². The fourth-order valence-electron chi connectivity index (χ4n) is 3.57. The van der Waals surface area contributed by atoms with Crippen molar-refractivity contribution in [2.45, 2.75) is 33.1 Å². The minimum atomic E-state index is -0.0543. The Morgan fingerprint density at radius 3 is 2.40 bits per heavy atom. The van der Waals surface area contributed by atoms with Gasteiger partial charge >= 0.3 is 0 Å². The molecule has 0 radical (unpaired) electrons. The number of benzene rings is 2. The molecule has 30 heavy (non-hydrogen) atoms. The zero-order chi connectivity index (χ0) is 21.1. The van der Waals surface area contributed by atoms with E-state index in [1.54, 1.807) is 4.52 Å². The van der Waals surface area contributed by atoms with Gasteiger partial charge in [-0.15, -0.1) is 0 Å². The number of hydrogen-bond donors (Lipinski definition) is 1. The lowest BCUT2D eigenvalue weighted by Crippen LogP contribution is -2.19. The average Bonchev–Trinajstić information content (AvgIpc) is 3.22. The van der Waals surface area contributed by atoms with E-state index in [0.717, 1.165) is 22.8 Å². The van der Waals surface area contributed by atoms with Crippen molar-refractivity contribution in [3.8, 4) is 5.75 Å². The highest BCUT2D eigenvalue weighted by Gasteiger charge is 2.22. The lowest BCUT2D eigenvalue weighted by atomic mass is 9.78. The van der Waals surface area contributed by atoms with Crippen molar-refractivity contribution in [3.05, 3.63) is 83.3 Å². The number of rotatable bonds is 7. The van der Waals surface area contributed by atoms with Gasteiger partial charge in [-0.05, 0) is 37.1 Å². The highest BCUT2D eigenvalue weighted by atomic mass is 16.5. The first-order valence-corrected chi connectivity index (χ1v) is 10.2. The van der Waals surface area contributed by atoms with E-state index in [0.29, 0.717) is 18.9 Å². The van der Waals surface area contributed by atoms with E-state index in [2.05, 4.69) is 70.6 Å². The van der Waals surface area contributed by atoms with Crippen molar-refractivity contribution in [2.24, 2.45) is 0 Å². The number of nitrogens with zero attached hydrogens (tertiary/aromatic N) is 4. The minimum absolute atomic E-state index is 0.0543. The number of ether oxygens (including phenoxy) is 1. The fourth-order valence-corrected chi connectivity index (χ4v) is 3.57. The van der Waals surface area contributed by atoms with Gasteiger partial charge in [0.15, 0.2) is 0 Å². The maximum absolute atomic E-state index is 5.94. The number of fused-ring (bicyclic) bond motifs is 1. The second-order valence-electron chi connectivity index (χ2n) is 7.93. The Bertz CT molecular complexity index is 1130. The van der Waals surface area contributed by atoms with Crippen LogP contribution in [0.15, 0.2) is 60.9 Å². The number of aromatic nitrogens is 4. The summed E-state index contributed by atoms with van der Waals surface area (Å²) in [4.78, 5) is 8.62. The molecule has 4 rings (SSSR count). The second-order valence-corrected chi connectivity index (χ2v) is 7.93. The molecule has 0 aliphatic carbocycles. The SMILES string of the molecule is Cc1nc2ncnn2c(NCCOc2ccc(C(C)(C)c3ccccc3)cc2)c1C. The van der Waals surface area contributed by atoms with Gasteiger partial charge in [0, 0.05) is 16.7 Å². The quantitative estimate of drug-likeness (QED) is 0.460. The van der Waals surface area contributed by atoms with E-state index in [1.165, 1.54) is 17.5 Å². The van der Waals surface area contributed by atoms with Crippen molar-refractivity contribution in [3.63, 3.8) is 0 Å². The zero-order valence-corrected chi connectivity index (χ0v) is 17.9. The van der Waals surface area contributed by atoms with Gasteiger partial charge in [0.25, 0.3) is 5.78 Å². The Morgan fingerprint density at radius 1 is 0.967 bits per heavy atom. The maximum atomic E-state index is 5.94. The summed E-state index contributed by atoms with van der Waals surface area (Å²) >= 11 is 0. The minimum Gasteiger partial charge on any atom is -0.492 e. The molecule has 154 valence electrons. The van der Waals surface area contributed by atoms with Gasteiger partial charge < -0.3 is 10.1 Å². The van der Waals surface area contributed by atoms with Crippen molar-refractivity contribution < 1.29 is 4.74 Å². The Labute approximate surface area is 177 Å². The Morgan fingerprint density at radius 2 is 1.67 bits per heavy atom. The lowest BCUT2D eigenvalue weighted by molar-refractivity contribution is 0.332. The number of hydrogen-bond acceptors (Lipinski definition) is 5. The van der Waals surface area contributed by atoms with Crippen molar-refractivity contribution in [1.29, 1.82) is 0 Å². The molecule has 0 atom stereocenters. The molecule has 0 aliphatic heterocycles. The molecule has 0 fully saturated rings. The van der Waals surface area contributed by atoms with E-state index in [9.17, 15) is 0 Å². The second kappa shape index (κ2) is 8.14. The van der Waals surface area contributed by atoms with Crippen LogP contribution in [0.25, 0.3) is 5.78 Å². The van der Waals surface area contributed by atoms with Crippen LogP contribution in [0.5, 0.6) is 5.75 Å². The monoisotopic (exact) mass is 401 g/mol. The molecular weight excluding hydrogens is 374 g/mol. The fraction of sp³-hybridized carbons (Fsp3) is 0.292. The van der Waals surface area contributed by atoms with Crippen molar-refractivity contribution >= 4 is 11.6 Å². The molecule has 0 aliphatic rings. The molecular formula is C24H27N5O. The lowest BCUT2D eigenvalue weighted by Gasteiger charge is -2.26. The summed E-state index contributed by atoms with van der Waals surface area (Å²) in [6.07, 6.45) is 1.52. The summed E-state index contributed by atoms with van der Waals surface area (Å²) < 4.78 is 7.67. The standard InChI is InChI=1S/C24H27N5O/c1-17-18(2)28-23-26-16-27-29(23)22(17)25-14-15-30-21-12-10-20(11-13-21)24(3,4)19-8-6-5-7-9-19/h5-13,16,25H,14-15H2,1-4H3. The summed E-state index contributed by atoms with van der Waals surface area (Å²) in [5.41, 5.74) is 4.50. The first-order valence-electron chi connectivity index (χ1n) is 10.2. The van der Waals surface area contributed by atoms with Gasteiger partial charge in [-0.25, -0.2) is 4.98 Å². The molecule has 0 saturated heterocycles. The molecule has 0 spiro atoms. The Kier molecular flexibility index (Phi) is 5.40. The third-order valence-corrected chi connectivity index (χ3v) is 5.64. The molecule has 0 saturated carbocycles. The molecule has 1 N–H and O–H groups in total. The first-order chi connectivity index (χ1) is 14.5. The van der Waals surface area contributed by atoms with Crippen LogP contribution >= 0.6 is 0 Å². The summed E-state index contributed by atoms with van der Waals surface area (Å²) in [6.45, 7) is 9.68. The highest BCUT2D eigenvalue weighted by molar-refractivity contribution is 5.51. The van der Waals surface area contributed by atoms with Crippen LogP contribution < -0.4 is 10.1 Å². The molecule has 6 heteroatoms.